The number of methoxy groups -OCH3 is 2. The first-order chi connectivity index (χ1) is 17.6. The van der Waals surface area contributed by atoms with Gasteiger partial charge in [0.05, 0.1) is 38.2 Å². The Hall–Kier alpha value is -4.15. The number of fused-ring (bicyclic) bond motifs is 1. The molecule has 2 aromatic heterocycles. The molecule has 2 N–H and O–H groups in total. The number of nitrogens with zero attached hydrogens (tertiary/aromatic N) is 4. The Morgan fingerprint density at radius 3 is 2.62 bits per heavy atom. The van der Waals surface area contributed by atoms with Crippen LogP contribution in [0.4, 0.5) is 10.2 Å². The number of pyridine rings is 1. The largest absolute Gasteiger partial charge is 0.497 e. The molecule has 1 aliphatic heterocycles. The second kappa shape index (κ2) is 10.5. The summed E-state index contributed by atoms with van der Waals surface area (Å²) < 4.78 is 28.1. The summed E-state index contributed by atoms with van der Waals surface area (Å²) in [6.45, 7) is 3.92. The first kappa shape index (κ1) is 25.9. The molecule has 1 aliphatic rings. The van der Waals surface area contributed by atoms with Crippen molar-refractivity contribution >= 4 is 17.7 Å². The number of carboxylic acid groups (broad SMARTS) is 1. The van der Waals surface area contributed by atoms with Gasteiger partial charge in [0.2, 0.25) is 0 Å². The lowest BCUT2D eigenvalue weighted by Crippen LogP contribution is -2.31. The van der Waals surface area contributed by atoms with Gasteiger partial charge in [0.25, 0.3) is 5.91 Å². The number of anilines is 1. The van der Waals surface area contributed by atoms with Gasteiger partial charge >= 0.3 is 5.97 Å². The molecular weight excluding hydrogens is 481 g/mol. The van der Waals surface area contributed by atoms with Gasteiger partial charge in [0.1, 0.15) is 17.5 Å². The number of hydrogen-bond donors (Lipinski definition) is 2. The van der Waals surface area contributed by atoms with E-state index in [4.69, 9.17) is 9.47 Å². The van der Waals surface area contributed by atoms with Gasteiger partial charge in [-0.3, -0.25) is 9.48 Å². The minimum atomic E-state index is -1.11. The van der Waals surface area contributed by atoms with Crippen LogP contribution in [0.15, 0.2) is 30.6 Å². The summed E-state index contributed by atoms with van der Waals surface area (Å²) in [5, 5.41) is 16.6. The third-order valence-corrected chi connectivity index (χ3v) is 6.24. The van der Waals surface area contributed by atoms with Gasteiger partial charge in [0.15, 0.2) is 11.6 Å². The van der Waals surface area contributed by atoms with Crippen molar-refractivity contribution in [3.63, 3.8) is 0 Å². The van der Waals surface area contributed by atoms with Crippen LogP contribution in [0, 0.1) is 11.7 Å². The zero-order chi connectivity index (χ0) is 26.9. The number of carbonyl (C=O) groups excluding carboxylic acids is 1. The van der Waals surface area contributed by atoms with Crippen molar-refractivity contribution < 1.29 is 28.6 Å². The molecule has 10 nitrogen and oxygen atoms in total. The fourth-order valence-corrected chi connectivity index (χ4v) is 4.43. The molecule has 196 valence electrons. The van der Waals surface area contributed by atoms with Crippen molar-refractivity contribution in [1.82, 2.24) is 19.7 Å². The van der Waals surface area contributed by atoms with Crippen molar-refractivity contribution in [2.24, 2.45) is 13.0 Å². The monoisotopic (exact) mass is 511 g/mol. The molecule has 1 aromatic carbocycles. The molecular formula is C26H30FN5O5. The molecule has 3 heterocycles. The molecule has 0 spiro atoms. The number of carboxylic acids is 1. The van der Waals surface area contributed by atoms with Gasteiger partial charge in [-0.25, -0.2) is 14.2 Å². The fourth-order valence-electron chi connectivity index (χ4n) is 4.43. The Morgan fingerprint density at radius 1 is 1.27 bits per heavy atom. The summed E-state index contributed by atoms with van der Waals surface area (Å²) in [6.07, 6.45) is 3.49. The zero-order valence-corrected chi connectivity index (χ0v) is 21.4. The van der Waals surface area contributed by atoms with Crippen LogP contribution in [0.3, 0.4) is 0 Å². The van der Waals surface area contributed by atoms with Crippen molar-refractivity contribution in [2.45, 2.75) is 39.4 Å². The topological polar surface area (TPSA) is 119 Å². The molecule has 1 unspecified atom stereocenters. The highest BCUT2D eigenvalue weighted by molar-refractivity contribution is 6.04. The second-order valence-corrected chi connectivity index (χ2v) is 9.38. The van der Waals surface area contributed by atoms with E-state index in [-0.39, 0.29) is 54.0 Å². The Kier molecular flexibility index (Phi) is 7.33. The summed E-state index contributed by atoms with van der Waals surface area (Å²) in [7, 11) is 4.79. The molecule has 3 aromatic rings. The number of hydrogen-bond acceptors (Lipinski definition) is 7. The molecule has 0 saturated carbocycles. The minimum absolute atomic E-state index is 0.0123. The molecule has 0 aliphatic carbocycles. The number of benzene rings is 1. The lowest BCUT2D eigenvalue weighted by atomic mass is 10.0. The van der Waals surface area contributed by atoms with E-state index in [1.54, 1.807) is 43.2 Å². The lowest BCUT2D eigenvalue weighted by Gasteiger charge is -2.19. The van der Waals surface area contributed by atoms with Crippen LogP contribution in [0.1, 0.15) is 41.8 Å². The number of carbonyl (C=O) groups is 2. The van der Waals surface area contributed by atoms with Crippen LogP contribution in [-0.2, 0) is 24.9 Å². The number of rotatable bonds is 10. The van der Waals surface area contributed by atoms with Crippen molar-refractivity contribution in [2.75, 3.05) is 19.5 Å². The summed E-state index contributed by atoms with van der Waals surface area (Å²) in [6, 6.07) is 4.23. The van der Waals surface area contributed by atoms with E-state index in [1.807, 2.05) is 13.8 Å². The van der Waals surface area contributed by atoms with Gasteiger partial charge in [-0.1, -0.05) is 13.8 Å². The van der Waals surface area contributed by atoms with Crippen LogP contribution in [0.5, 0.6) is 11.5 Å². The Labute approximate surface area is 214 Å². The van der Waals surface area contributed by atoms with Crippen LogP contribution in [-0.4, -0.2) is 56.9 Å². The molecule has 0 radical (unpaired) electrons. The molecule has 37 heavy (non-hydrogen) atoms. The second-order valence-electron chi connectivity index (χ2n) is 9.38. The maximum atomic E-state index is 15.8. The van der Waals surface area contributed by atoms with E-state index in [0.29, 0.717) is 17.1 Å². The number of ether oxygens (including phenoxy) is 2. The number of aryl methyl sites for hydroxylation is 1. The average molecular weight is 512 g/mol. The lowest BCUT2D eigenvalue weighted by molar-refractivity contribution is -0.138. The molecule has 4 rings (SSSR count). The van der Waals surface area contributed by atoms with Crippen molar-refractivity contribution in [1.29, 1.82) is 0 Å². The smallest absolute Gasteiger partial charge is 0.326 e. The summed E-state index contributed by atoms with van der Waals surface area (Å²) >= 11 is 0. The highest BCUT2D eigenvalue weighted by Gasteiger charge is 2.37. The predicted molar refractivity (Wildman–Crippen MR) is 134 cm³/mol. The third kappa shape index (κ3) is 5.20. The molecule has 11 heteroatoms. The predicted octanol–water partition coefficient (Wildman–Crippen LogP) is 3.71. The van der Waals surface area contributed by atoms with Crippen LogP contribution >= 0.6 is 0 Å². The Balaban J connectivity index is 1.76. The number of aliphatic carboxylic acids is 1. The van der Waals surface area contributed by atoms with Crippen molar-refractivity contribution in [3.8, 4) is 22.8 Å². The maximum absolute atomic E-state index is 15.8. The standard InChI is InChI=1S/C26H30FN5O5/c1-14(2)8-19(26(34)35)29-24-22(27)18-13-32(12-15-6-7-17(36-4)9-20(15)37-5)25(33)21(18)23(30-24)16-10-28-31(3)11-16/h6-7,9-11,14,19H,8,12-13H2,1-5H3,(H,29,30)(H,34,35). The molecule has 0 fully saturated rings. The number of aromatic nitrogens is 3. The van der Waals surface area contributed by atoms with Crippen LogP contribution in [0.2, 0.25) is 0 Å². The molecule has 0 saturated heterocycles. The van der Waals surface area contributed by atoms with Crippen LogP contribution in [0.25, 0.3) is 11.3 Å². The Morgan fingerprint density at radius 2 is 2.03 bits per heavy atom. The van der Waals surface area contributed by atoms with Gasteiger partial charge in [-0.05, 0) is 24.5 Å². The number of amides is 1. The van der Waals surface area contributed by atoms with E-state index in [9.17, 15) is 14.7 Å². The highest BCUT2D eigenvalue weighted by Crippen LogP contribution is 2.37. The summed E-state index contributed by atoms with van der Waals surface area (Å²) in [4.78, 5) is 31.3. The third-order valence-electron chi connectivity index (χ3n) is 6.24. The first-order valence-electron chi connectivity index (χ1n) is 11.8. The van der Waals surface area contributed by atoms with Crippen molar-refractivity contribution in [3.05, 3.63) is 53.1 Å². The quantitative estimate of drug-likeness (QED) is 0.423. The average Bonchev–Trinajstić information content (AvgIpc) is 3.43. The molecule has 1 amide bonds. The Bertz CT molecular complexity index is 1340. The van der Waals surface area contributed by atoms with E-state index in [1.165, 1.54) is 18.2 Å². The van der Waals surface area contributed by atoms with E-state index in [0.717, 1.165) is 5.56 Å². The van der Waals surface area contributed by atoms with Gasteiger partial charge in [0, 0.05) is 42.5 Å². The van der Waals surface area contributed by atoms with E-state index >= 15 is 4.39 Å². The zero-order valence-electron chi connectivity index (χ0n) is 21.4. The number of nitrogens with one attached hydrogen (secondary N) is 1. The minimum Gasteiger partial charge on any atom is -0.497 e. The normalized spacial score (nSPS) is 13.6. The summed E-state index contributed by atoms with van der Waals surface area (Å²) in [5.41, 5.74) is 1.79. The summed E-state index contributed by atoms with van der Waals surface area (Å²) in [5.74, 6) is -1.24. The first-order valence-corrected chi connectivity index (χ1v) is 11.8. The van der Waals surface area contributed by atoms with Gasteiger partial charge < -0.3 is 24.8 Å². The van der Waals surface area contributed by atoms with E-state index in [2.05, 4.69) is 15.4 Å². The molecule has 0 bridgehead atoms. The van der Waals surface area contributed by atoms with Gasteiger partial charge in [-0.2, -0.15) is 5.10 Å². The molecule has 1 atom stereocenters. The van der Waals surface area contributed by atoms with E-state index < -0.39 is 17.8 Å². The maximum Gasteiger partial charge on any atom is 0.326 e. The fraction of sp³-hybridized carbons (Fsp3) is 0.385. The number of halogens is 1. The van der Waals surface area contributed by atoms with Gasteiger partial charge in [-0.15, -0.1) is 0 Å². The van der Waals surface area contributed by atoms with Crippen LogP contribution < -0.4 is 14.8 Å². The highest BCUT2D eigenvalue weighted by atomic mass is 19.1. The SMILES string of the molecule is COc1ccc(CN2Cc3c(F)c(NC(CC(C)C)C(=O)O)nc(-c4cnn(C)c4)c3C2=O)c(OC)c1.